The molecule has 0 aromatic heterocycles. The first kappa shape index (κ1) is 13.9. The summed E-state index contributed by atoms with van der Waals surface area (Å²) < 4.78 is 26.2. The third-order valence-electron chi connectivity index (χ3n) is 2.82. The fourth-order valence-electron chi connectivity index (χ4n) is 1.73. The summed E-state index contributed by atoms with van der Waals surface area (Å²) in [6, 6.07) is 9.76. The van der Waals surface area contributed by atoms with Crippen molar-refractivity contribution < 1.29 is 13.6 Å². The Bertz CT molecular complexity index is 621. The highest BCUT2D eigenvalue weighted by Crippen LogP contribution is 2.24. The average Bonchev–Trinajstić information content (AvgIpc) is 2.39. The van der Waals surface area contributed by atoms with Gasteiger partial charge in [0.25, 0.3) is 0 Å². The van der Waals surface area contributed by atoms with Gasteiger partial charge in [0.2, 0.25) is 0 Å². The minimum Gasteiger partial charge on any atom is -0.294 e. The molecule has 2 aromatic rings. The summed E-state index contributed by atoms with van der Waals surface area (Å²) in [5.74, 6) is -2.26. The molecule has 2 aromatic carbocycles. The Morgan fingerprint density at radius 2 is 1.74 bits per heavy atom. The lowest BCUT2D eigenvalue weighted by atomic mass is 10.0. The van der Waals surface area contributed by atoms with Crippen LogP contribution in [0.3, 0.4) is 0 Å². The van der Waals surface area contributed by atoms with Crippen molar-refractivity contribution in [3.8, 4) is 0 Å². The third-order valence-corrected chi connectivity index (χ3v) is 3.60. The second kappa shape index (κ2) is 5.61. The van der Waals surface area contributed by atoms with Crippen molar-refractivity contribution in [1.29, 1.82) is 0 Å². The molecule has 0 saturated heterocycles. The Hall–Kier alpha value is -1.55. The van der Waals surface area contributed by atoms with Crippen molar-refractivity contribution in [3.63, 3.8) is 0 Å². The molecule has 0 aliphatic rings. The number of aryl methyl sites for hydroxylation is 1. The standard InChI is InChI=1S/C15H11BrF2O/c1-9-2-4-10(5-3-9)8-13(19)11-6-7-12(17)15(18)14(11)16/h2-7H,8H2,1H3. The van der Waals surface area contributed by atoms with E-state index in [1.54, 1.807) is 0 Å². The van der Waals surface area contributed by atoms with Crippen LogP contribution in [0.15, 0.2) is 40.9 Å². The highest BCUT2D eigenvalue weighted by atomic mass is 79.9. The molecule has 0 bridgehead atoms. The van der Waals surface area contributed by atoms with Gasteiger partial charge < -0.3 is 0 Å². The van der Waals surface area contributed by atoms with Crippen LogP contribution in [0.5, 0.6) is 0 Å². The van der Waals surface area contributed by atoms with Gasteiger partial charge >= 0.3 is 0 Å². The zero-order valence-corrected chi connectivity index (χ0v) is 11.8. The number of Topliss-reactive ketones (excluding diaryl/α,β-unsaturated/α-hetero) is 1. The van der Waals surface area contributed by atoms with Crippen LogP contribution in [-0.4, -0.2) is 5.78 Å². The Morgan fingerprint density at radius 1 is 1.11 bits per heavy atom. The van der Waals surface area contributed by atoms with Crippen LogP contribution in [0.4, 0.5) is 8.78 Å². The summed E-state index contributed by atoms with van der Waals surface area (Å²) in [6.07, 6.45) is 0.157. The lowest BCUT2D eigenvalue weighted by molar-refractivity contribution is 0.0991. The topological polar surface area (TPSA) is 17.1 Å². The number of carbonyl (C=O) groups is 1. The number of rotatable bonds is 3. The molecule has 2 rings (SSSR count). The van der Waals surface area contributed by atoms with E-state index >= 15 is 0 Å². The summed E-state index contributed by atoms with van der Waals surface area (Å²) in [6.45, 7) is 1.96. The lowest BCUT2D eigenvalue weighted by Gasteiger charge is -2.06. The molecular weight excluding hydrogens is 314 g/mol. The van der Waals surface area contributed by atoms with Gasteiger partial charge in [0.05, 0.1) is 4.47 Å². The van der Waals surface area contributed by atoms with Gasteiger partial charge in [0.15, 0.2) is 17.4 Å². The van der Waals surface area contributed by atoms with E-state index in [9.17, 15) is 13.6 Å². The zero-order valence-electron chi connectivity index (χ0n) is 10.2. The van der Waals surface area contributed by atoms with Crippen molar-refractivity contribution in [1.82, 2.24) is 0 Å². The van der Waals surface area contributed by atoms with E-state index in [0.717, 1.165) is 17.2 Å². The molecule has 0 N–H and O–H groups in total. The van der Waals surface area contributed by atoms with Crippen LogP contribution in [0, 0.1) is 18.6 Å². The predicted molar refractivity (Wildman–Crippen MR) is 73.3 cm³/mol. The predicted octanol–water partition coefficient (Wildman–Crippen LogP) is 4.46. The van der Waals surface area contributed by atoms with E-state index in [-0.39, 0.29) is 22.2 Å². The van der Waals surface area contributed by atoms with Crippen molar-refractivity contribution in [2.75, 3.05) is 0 Å². The van der Waals surface area contributed by atoms with E-state index in [1.165, 1.54) is 6.07 Å². The van der Waals surface area contributed by atoms with Gasteiger partial charge in [-0.15, -0.1) is 0 Å². The summed E-state index contributed by atoms with van der Waals surface area (Å²) in [5.41, 5.74) is 2.09. The van der Waals surface area contributed by atoms with Crippen LogP contribution in [0.25, 0.3) is 0 Å². The van der Waals surface area contributed by atoms with Crippen molar-refractivity contribution in [3.05, 3.63) is 69.2 Å². The normalized spacial score (nSPS) is 10.5. The van der Waals surface area contributed by atoms with Gasteiger partial charge in [-0.2, -0.15) is 0 Å². The molecule has 0 fully saturated rings. The molecule has 0 aliphatic carbocycles. The summed E-state index contributed by atoms with van der Waals surface area (Å²) in [7, 11) is 0. The maximum Gasteiger partial charge on any atom is 0.173 e. The maximum absolute atomic E-state index is 13.4. The second-order valence-electron chi connectivity index (χ2n) is 4.31. The Labute approximate surface area is 118 Å². The molecular formula is C15H11BrF2O. The quantitative estimate of drug-likeness (QED) is 0.601. The van der Waals surface area contributed by atoms with Crippen LogP contribution in [-0.2, 0) is 6.42 Å². The van der Waals surface area contributed by atoms with Crippen LogP contribution in [0.1, 0.15) is 21.5 Å². The second-order valence-corrected chi connectivity index (χ2v) is 5.10. The first-order valence-electron chi connectivity index (χ1n) is 5.71. The summed E-state index contributed by atoms with van der Waals surface area (Å²) >= 11 is 2.92. The molecule has 0 aliphatic heterocycles. The Morgan fingerprint density at radius 3 is 2.37 bits per heavy atom. The molecule has 4 heteroatoms. The van der Waals surface area contributed by atoms with E-state index < -0.39 is 11.6 Å². The van der Waals surface area contributed by atoms with Crippen LogP contribution >= 0.6 is 15.9 Å². The minimum atomic E-state index is -1.03. The van der Waals surface area contributed by atoms with Gasteiger partial charge in [-0.1, -0.05) is 29.8 Å². The molecule has 0 atom stereocenters. The number of ketones is 1. The minimum absolute atomic E-state index is 0.121. The number of carbonyl (C=O) groups excluding carboxylic acids is 1. The van der Waals surface area contributed by atoms with E-state index in [4.69, 9.17) is 0 Å². The largest absolute Gasteiger partial charge is 0.294 e. The van der Waals surface area contributed by atoms with Crippen molar-refractivity contribution >= 4 is 21.7 Å². The molecule has 0 heterocycles. The van der Waals surface area contributed by atoms with Gasteiger partial charge in [0, 0.05) is 12.0 Å². The Kier molecular flexibility index (Phi) is 4.10. The molecule has 98 valence electrons. The number of hydrogen-bond acceptors (Lipinski definition) is 1. The summed E-state index contributed by atoms with van der Waals surface area (Å²) in [5, 5.41) is 0. The van der Waals surface area contributed by atoms with Crippen molar-refractivity contribution in [2.24, 2.45) is 0 Å². The highest BCUT2D eigenvalue weighted by Gasteiger charge is 2.16. The molecule has 19 heavy (non-hydrogen) atoms. The summed E-state index contributed by atoms with van der Waals surface area (Å²) in [4.78, 5) is 12.1. The van der Waals surface area contributed by atoms with E-state index in [0.29, 0.717) is 0 Å². The Balaban J connectivity index is 2.25. The number of halogens is 3. The van der Waals surface area contributed by atoms with Gasteiger partial charge in [-0.05, 0) is 40.5 Å². The highest BCUT2D eigenvalue weighted by molar-refractivity contribution is 9.10. The third kappa shape index (κ3) is 3.07. The monoisotopic (exact) mass is 324 g/mol. The molecule has 0 spiro atoms. The molecule has 0 radical (unpaired) electrons. The number of hydrogen-bond donors (Lipinski definition) is 0. The molecule has 0 unspecified atom stereocenters. The SMILES string of the molecule is Cc1ccc(CC(=O)c2ccc(F)c(F)c2Br)cc1. The van der Waals surface area contributed by atoms with E-state index in [2.05, 4.69) is 15.9 Å². The zero-order chi connectivity index (χ0) is 14.0. The van der Waals surface area contributed by atoms with Crippen LogP contribution < -0.4 is 0 Å². The maximum atomic E-state index is 13.4. The van der Waals surface area contributed by atoms with E-state index in [1.807, 2.05) is 31.2 Å². The smallest absolute Gasteiger partial charge is 0.173 e. The van der Waals surface area contributed by atoms with Gasteiger partial charge in [-0.3, -0.25) is 4.79 Å². The van der Waals surface area contributed by atoms with Gasteiger partial charge in [0.1, 0.15) is 0 Å². The molecule has 0 amide bonds. The van der Waals surface area contributed by atoms with Crippen LogP contribution in [0.2, 0.25) is 0 Å². The lowest BCUT2D eigenvalue weighted by Crippen LogP contribution is -2.06. The average molecular weight is 325 g/mol. The molecule has 0 saturated carbocycles. The fraction of sp³-hybridized carbons (Fsp3) is 0.133. The van der Waals surface area contributed by atoms with Gasteiger partial charge in [-0.25, -0.2) is 8.78 Å². The first-order valence-corrected chi connectivity index (χ1v) is 6.50. The van der Waals surface area contributed by atoms with Crippen molar-refractivity contribution in [2.45, 2.75) is 13.3 Å². The number of benzene rings is 2. The fourth-order valence-corrected chi connectivity index (χ4v) is 2.27. The molecule has 1 nitrogen and oxygen atoms in total. The first-order chi connectivity index (χ1) is 8.99.